The van der Waals surface area contributed by atoms with Crippen molar-refractivity contribution in [3.05, 3.63) is 28.5 Å². The first-order valence-electron chi connectivity index (χ1n) is 4.73. The van der Waals surface area contributed by atoms with Gasteiger partial charge in [-0.15, -0.1) is 0 Å². The van der Waals surface area contributed by atoms with Crippen LogP contribution in [0.1, 0.15) is 10.5 Å². The third-order valence-electron chi connectivity index (χ3n) is 2.46. The van der Waals surface area contributed by atoms with Crippen LogP contribution in [0.4, 0.5) is 0 Å². The van der Waals surface area contributed by atoms with Gasteiger partial charge in [0.15, 0.2) is 0 Å². The molecule has 4 nitrogen and oxygen atoms in total. The van der Waals surface area contributed by atoms with Crippen molar-refractivity contribution >= 4 is 21.8 Å². The minimum absolute atomic E-state index is 0.0767. The van der Waals surface area contributed by atoms with Crippen LogP contribution in [0.3, 0.4) is 0 Å². The predicted molar refractivity (Wildman–Crippen MR) is 58.4 cm³/mol. The zero-order valence-corrected chi connectivity index (χ0v) is 9.64. The van der Waals surface area contributed by atoms with Gasteiger partial charge in [-0.25, -0.2) is 4.98 Å². The summed E-state index contributed by atoms with van der Waals surface area (Å²) in [6.07, 6.45) is 1.60. The molecule has 1 aliphatic rings. The summed E-state index contributed by atoms with van der Waals surface area (Å²) >= 11 is 3.29. The summed E-state index contributed by atoms with van der Waals surface area (Å²) in [6, 6.07) is 3.57. The number of aliphatic hydroxyl groups excluding tert-OH is 1. The van der Waals surface area contributed by atoms with Gasteiger partial charge in [0.1, 0.15) is 5.69 Å². The second-order valence-electron chi connectivity index (χ2n) is 3.59. The molecule has 0 aliphatic carbocycles. The Morgan fingerprint density at radius 2 is 2.40 bits per heavy atom. The Bertz CT molecular complexity index is 377. The van der Waals surface area contributed by atoms with E-state index in [4.69, 9.17) is 5.11 Å². The fourth-order valence-corrected chi connectivity index (χ4v) is 1.97. The molecular weight excluding hydrogens is 260 g/mol. The molecule has 15 heavy (non-hydrogen) atoms. The Labute approximate surface area is 96.1 Å². The summed E-state index contributed by atoms with van der Waals surface area (Å²) in [7, 11) is 0. The van der Waals surface area contributed by atoms with Crippen LogP contribution in [-0.4, -0.2) is 40.6 Å². The first-order valence-corrected chi connectivity index (χ1v) is 5.52. The van der Waals surface area contributed by atoms with Crippen molar-refractivity contribution in [1.29, 1.82) is 0 Å². The van der Waals surface area contributed by atoms with Crippen LogP contribution >= 0.6 is 15.9 Å². The van der Waals surface area contributed by atoms with Crippen molar-refractivity contribution in [2.45, 2.75) is 0 Å². The van der Waals surface area contributed by atoms with Crippen LogP contribution in [0.2, 0.25) is 0 Å². The SMILES string of the molecule is O=C(c1ncccc1Br)N1CC(CO)C1. The maximum atomic E-state index is 11.9. The smallest absolute Gasteiger partial charge is 0.273 e. The number of amides is 1. The van der Waals surface area contributed by atoms with E-state index in [9.17, 15) is 4.79 Å². The summed E-state index contributed by atoms with van der Waals surface area (Å²) < 4.78 is 0.711. The third-order valence-corrected chi connectivity index (χ3v) is 3.10. The summed E-state index contributed by atoms with van der Waals surface area (Å²) in [5, 5.41) is 8.85. The molecule has 0 bridgehead atoms. The quantitative estimate of drug-likeness (QED) is 0.869. The van der Waals surface area contributed by atoms with Gasteiger partial charge >= 0.3 is 0 Å². The monoisotopic (exact) mass is 270 g/mol. The fourth-order valence-electron chi connectivity index (χ4n) is 1.54. The number of aliphatic hydroxyl groups is 1. The zero-order valence-electron chi connectivity index (χ0n) is 8.06. The number of hydrogen-bond donors (Lipinski definition) is 1. The standard InChI is InChI=1S/C10H11BrN2O2/c11-8-2-1-3-12-9(8)10(15)13-4-7(5-13)6-14/h1-3,7,14H,4-6H2. The van der Waals surface area contributed by atoms with Crippen LogP contribution in [0, 0.1) is 5.92 Å². The van der Waals surface area contributed by atoms with Crippen LogP contribution in [0.5, 0.6) is 0 Å². The summed E-state index contributed by atoms with van der Waals surface area (Å²) in [5.74, 6) is 0.156. The second kappa shape index (κ2) is 4.28. The molecule has 1 fully saturated rings. The number of halogens is 1. The van der Waals surface area contributed by atoms with Gasteiger partial charge in [0.25, 0.3) is 5.91 Å². The zero-order chi connectivity index (χ0) is 10.8. The summed E-state index contributed by atoms with van der Waals surface area (Å²) in [5.41, 5.74) is 0.439. The Morgan fingerprint density at radius 3 is 3.00 bits per heavy atom. The van der Waals surface area contributed by atoms with Crippen molar-refractivity contribution in [3.63, 3.8) is 0 Å². The number of hydrogen-bond acceptors (Lipinski definition) is 3. The van der Waals surface area contributed by atoms with E-state index in [2.05, 4.69) is 20.9 Å². The highest BCUT2D eigenvalue weighted by Crippen LogP contribution is 2.21. The first-order chi connectivity index (χ1) is 7.22. The number of carbonyl (C=O) groups excluding carboxylic acids is 1. The van der Waals surface area contributed by atoms with E-state index >= 15 is 0 Å². The maximum absolute atomic E-state index is 11.9. The molecule has 5 heteroatoms. The van der Waals surface area contributed by atoms with Gasteiger partial charge in [0, 0.05) is 36.3 Å². The normalized spacial score (nSPS) is 16.3. The van der Waals surface area contributed by atoms with E-state index in [1.807, 2.05) is 0 Å². The van der Waals surface area contributed by atoms with Gasteiger partial charge < -0.3 is 10.0 Å². The minimum atomic E-state index is -0.0767. The van der Waals surface area contributed by atoms with Gasteiger partial charge in [0.05, 0.1) is 0 Å². The molecule has 1 saturated heterocycles. The van der Waals surface area contributed by atoms with Crippen LogP contribution < -0.4 is 0 Å². The fraction of sp³-hybridized carbons (Fsp3) is 0.400. The molecule has 2 rings (SSSR count). The lowest BCUT2D eigenvalue weighted by Gasteiger charge is -2.38. The molecule has 1 aliphatic heterocycles. The van der Waals surface area contributed by atoms with Crippen LogP contribution in [0.15, 0.2) is 22.8 Å². The maximum Gasteiger partial charge on any atom is 0.273 e. The van der Waals surface area contributed by atoms with Gasteiger partial charge in [-0.1, -0.05) is 0 Å². The molecule has 0 spiro atoms. The average molecular weight is 271 g/mol. The van der Waals surface area contributed by atoms with E-state index in [1.54, 1.807) is 23.2 Å². The lowest BCUT2D eigenvalue weighted by Crippen LogP contribution is -2.51. The Hall–Kier alpha value is -0.940. The average Bonchev–Trinajstić information content (AvgIpc) is 2.16. The highest BCUT2D eigenvalue weighted by molar-refractivity contribution is 9.10. The Morgan fingerprint density at radius 1 is 1.67 bits per heavy atom. The largest absolute Gasteiger partial charge is 0.396 e. The third kappa shape index (κ3) is 2.03. The molecule has 0 atom stereocenters. The van der Waals surface area contributed by atoms with Gasteiger partial charge in [-0.05, 0) is 28.1 Å². The molecule has 1 aromatic rings. The number of likely N-dealkylation sites (tertiary alicyclic amines) is 1. The van der Waals surface area contributed by atoms with Crippen LogP contribution in [-0.2, 0) is 0 Å². The van der Waals surface area contributed by atoms with E-state index in [-0.39, 0.29) is 18.4 Å². The van der Waals surface area contributed by atoms with Gasteiger partial charge in [0.2, 0.25) is 0 Å². The van der Waals surface area contributed by atoms with E-state index < -0.39 is 0 Å². The van der Waals surface area contributed by atoms with Crippen molar-refractivity contribution in [2.75, 3.05) is 19.7 Å². The van der Waals surface area contributed by atoms with Crippen molar-refractivity contribution in [3.8, 4) is 0 Å². The highest BCUT2D eigenvalue weighted by Gasteiger charge is 2.31. The van der Waals surface area contributed by atoms with Crippen molar-refractivity contribution in [2.24, 2.45) is 5.92 Å². The van der Waals surface area contributed by atoms with E-state index in [0.29, 0.717) is 23.3 Å². The number of nitrogens with zero attached hydrogens (tertiary/aromatic N) is 2. The highest BCUT2D eigenvalue weighted by atomic mass is 79.9. The van der Waals surface area contributed by atoms with Crippen LogP contribution in [0.25, 0.3) is 0 Å². The molecular formula is C10H11BrN2O2. The molecule has 0 radical (unpaired) electrons. The predicted octanol–water partition coefficient (Wildman–Crippen LogP) is 0.908. The van der Waals surface area contributed by atoms with Crippen molar-refractivity contribution < 1.29 is 9.90 Å². The summed E-state index contributed by atoms with van der Waals surface area (Å²) in [6.45, 7) is 1.39. The molecule has 2 heterocycles. The molecule has 1 aromatic heterocycles. The first kappa shape index (κ1) is 10.6. The molecule has 1 N–H and O–H groups in total. The van der Waals surface area contributed by atoms with Gasteiger partial charge in [-0.3, -0.25) is 4.79 Å². The van der Waals surface area contributed by atoms with Crippen molar-refractivity contribution in [1.82, 2.24) is 9.88 Å². The lowest BCUT2D eigenvalue weighted by atomic mass is 10.0. The number of carbonyl (C=O) groups is 1. The number of rotatable bonds is 2. The topological polar surface area (TPSA) is 53.4 Å². The molecule has 1 amide bonds. The molecule has 0 unspecified atom stereocenters. The number of aromatic nitrogens is 1. The minimum Gasteiger partial charge on any atom is -0.396 e. The van der Waals surface area contributed by atoms with E-state index in [0.717, 1.165) is 0 Å². The lowest BCUT2D eigenvalue weighted by molar-refractivity contribution is 0.0355. The molecule has 80 valence electrons. The molecule has 0 saturated carbocycles. The number of pyridine rings is 1. The van der Waals surface area contributed by atoms with E-state index in [1.165, 1.54) is 0 Å². The van der Waals surface area contributed by atoms with Gasteiger partial charge in [-0.2, -0.15) is 0 Å². The Kier molecular flexibility index (Phi) is 3.02. The Balaban J connectivity index is 2.07. The second-order valence-corrected chi connectivity index (χ2v) is 4.45. The summed E-state index contributed by atoms with van der Waals surface area (Å²) in [4.78, 5) is 17.6. The molecule has 0 aromatic carbocycles.